The maximum absolute atomic E-state index is 13.3. The number of ether oxygens (including phenoxy) is 2. The summed E-state index contributed by atoms with van der Waals surface area (Å²) in [6.07, 6.45) is 5.89. The number of pyridine rings is 1. The van der Waals surface area contributed by atoms with Gasteiger partial charge in [-0.15, -0.1) is 0 Å². The van der Waals surface area contributed by atoms with Gasteiger partial charge in [-0.25, -0.2) is 15.0 Å². The Morgan fingerprint density at radius 2 is 1.65 bits per heavy atom. The van der Waals surface area contributed by atoms with Crippen LogP contribution in [-0.2, 0) is 30.5 Å². The molecule has 1 aromatic carbocycles. The predicted molar refractivity (Wildman–Crippen MR) is 208 cm³/mol. The van der Waals surface area contributed by atoms with E-state index in [0.717, 1.165) is 53.4 Å². The first-order valence-corrected chi connectivity index (χ1v) is 19.5. The fourth-order valence-corrected chi connectivity index (χ4v) is 7.91. The number of aromatic nitrogens is 5. The molecule has 3 saturated heterocycles. The molecule has 0 saturated carbocycles. The molecule has 4 aromatic rings. The van der Waals surface area contributed by atoms with Gasteiger partial charge in [-0.1, -0.05) is 0 Å². The molecule has 18 nitrogen and oxygen atoms in total. The van der Waals surface area contributed by atoms with Crippen LogP contribution >= 0.6 is 0 Å². The van der Waals surface area contributed by atoms with Crippen LogP contribution in [0, 0.1) is 0 Å². The van der Waals surface area contributed by atoms with Crippen molar-refractivity contribution in [3.63, 3.8) is 0 Å². The third kappa shape index (κ3) is 8.03. The standard InChI is InChI=1S/C39H47N11O7/c1-24(2)49-31-21-33(43-32-8-11-40-39(44-32)47-12-9-26(55-3)10-13-47)41-22-29(31)42-34(49)23-56-18-19-57-48-16-14-46(15-17-48)25-4-5-27-28(20-25)38(54)50(37(27)53)30-6-7-35(51)45-36(30)52/h4-5,8,11,20-22,24,26,30H,6-7,9-10,12-19,23H2,1-3H3,(H,45,51,52)(H,40,41,43,44). The first-order chi connectivity index (χ1) is 27.7. The molecule has 0 spiro atoms. The van der Waals surface area contributed by atoms with E-state index in [1.165, 1.54) is 0 Å². The van der Waals surface area contributed by atoms with Crippen LogP contribution in [0.15, 0.2) is 42.7 Å². The Morgan fingerprint density at radius 1 is 0.860 bits per heavy atom. The molecule has 4 amide bonds. The van der Waals surface area contributed by atoms with Gasteiger partial charge in [0.1, 0.15) is 35.6 Å². The normalized spacial score (nSPS) is 19.6. The number of hydroxylamine groups is 2. The van der Waals surface area contributed by atoms with E-state index in [1.807, 2.05) is 23.3 Å². The molecule has 3 aromatic heterocycles. The van der Waals surface area contributed by atoms with E-state index in [2.05, 4.69) is 48.8 Å². The molecular formula is C39H47N11O7. The lowest BCUT2D eigenvalue weighted by Gasteiger charge is -2.35. The van der Waals surface area contributed by atoms with E-state index < -0.39 is 29.7 Å². The summed E-state index contributed by atoms with van der Waals surface area (Å²) in [5, 5.41) is 7.48. The number of methoxy groups -OCH3 is 1. The van der Waals surface area contributed by atoms with Crippen LogP contribution in [-0.4, -0.2) is 130 Å². The van der Waals surface area contributed by atoms with Gasteiger partial charge >= 0.3 is 0 Å². The Hall–Kier alpha value is -5.56. The summed E-state index contributed by atoms with van der Waals surface area (Å²) < 4.78 is 13.7. The van der Waals surface area contributed by atoms with Gasteiger partial charge in [-0.2, -0.15) is 10.0 Å². The molecule has 0 bridgehead atoms. The largest absolute Gasteiger partial charge is 0.381 e. The molecule has 3 fully saturated rings. The summed E-state index contributed by atoms with van der Waals surface area (Å²) in [6, 6.07) is 8.13. The first-order valence-electron chi connectivity index (χ1n) is 19.5. The van der Waals surface area contributed by atoms with Gasteiger partial charge in [0.2, 0.25) is 17.8 Å². The number of piperazine rings is 1. The van der Waals surface area contributed by atoms with Gasteiger partial charge in [0, 0.05) is 76.8 Å². The lowest BCUT2D eigenvalue weighted by atomic mass is 10.0. The average Bonchev–Trinajstić information content (AvgIpc) is 3.71. The number of imide groups is 2. The van der Waals surface area contributed by atoms with Crippen LogP contribution in [0.4, 0.5) is 23.3 Å². The molecule has 18 heteroatoms. The van der Waals surface area contributed by atoms with Gasteiger partial charge in [-0.3, -0.25) is 34.2 Å². The number of benzene rings is 1. The van der Waals surface area contributed by atoms with Crippen LogP contribution in [0.2, 0.25) is 0 Å². The second-order valence-corrected chi connectivity index (χ2v) is 14.8. The molecule has 2 N–H and O–H groups in total. The number of fused-ring (bicyclic) bond motifs is 2. The molecule has 0 aliphatic carbocycles. The minimum Gasteiger partial charge on any atom is -0.381 e. The number of nitrogens with one attached hydrogen (secondary N) is 2. The molecule has 0 radical (unpaired) electrons. The van der Waals surface area contributed by atoms with Gasteiger partial charge in [-0.05, 0) is 57.4 Å². The Labute approximate surface area is 329 Å². The molecule has 300 valence electrons. The van der Waals surface area contributed by atoms with Crippen LogP contribution in [0.1, 0.15) is 72.1 Å². The third-order valence-electron chi connectivity index (χ3n) is 10.9. The Bertz CT molecular complexity index is 2160. The molecule has 4 aliphatic heterocycles. The second-order valence-electron chi connectivity index (χ2n) is 14.8. The summed E-state index contributed by atoms with van der Waals surface area (Å²) in [5.41, 5.74) is 3.06. The van der Waals surface area contributed by atoms with Gasteiger partial charge < -0.3 is 29.2 Å². The highest BCUT2D eigenvalue weighted by Crippen LogP contribution is 2.31. The fourth-order valence-electron chi connectivity index (χ4n) is 7.91. The predicted octanol–water partition coefficient (Wildman–Crippen LogP) is 2.83. The van der Waals surface area contributed by atoms with Crippen molar-refractivity contribution in [3.05, 3.63) is 59.7 Å². The maximum Gasteiger partial charge on any atom is 0.262 e. The van der Waals surface area contributed by atoms with Gasteiger partial charge in [0.15, 0.2) is 0 Å². The summed E-state index contributed by atoms with van der Waals surface area (Å²) in [6.45, 7) is 9.51. The number of imidazole rings is 1. The summed E-state index contributed by atoms with van der Waals surface area (Å²) >= 11 is 0. The number of hydrogen-bond acceptors (Lipinski definition) is 15. The zero-order valence-electron chi connectivity index (χ0n) is 32.3. The molecule has 7 heterocycles. The summed E-state index contributed by atoms with van der Waals surface area (Å²) in [4.78, 5) is 80.4. The highest BCUT2D eigenvalue weighted by atomic mass is 16.7. The van der Waals surface area contributed by atoms with E-state index in [4.69, 9.17) is 24.3 Å². The smallest absolute Gasteiger partial charge is 0.262 e. The summed E-state index contributed by atoms with van der Waals surface area (Å²) in [7, 11) is 1.76. The lowest BCUT2D eigenvalue weighted by Crippen LogP contribution is -2.54. The molecule has 1 unspecified atom stereocenters. The van der Waals surface area contributed by atoms with Crippen molar-refractivity contribution in [2.45, 2.75) is 64.3 Å². The van der Waals surface area contributed by atoms with Crippen molar-refractivity contribution >= 4 is 57.9 Å². The first kappa shape index (κ1) is 38.3. The minimum atomic E-state index is -0.992. The van der Waals surface area contributed by atoms with Crippen molar-refractivity contribution in [2.24, 2.45) is 0 Å². The Balaban J connectivity index is 0.811. The van der Waals surface area contributed by atoms with E-state index >= 15 is 0 Å². The van der Waals surface area contributed by atoms with Crippen LogP contribution < -0.4 is 20.4 Å². The fraction of sp³-hybridized carbons (Fsp3) is 0.487. The van der Waals surface area contributed by atoms with Gasteiger partial charge in [0.05, 0.1) is 42.2 Å². The molecular weight excluding hydrogens is 734 g/mol. The molecule has 1 atom stereocenters. The number of piperidine rings is 2. The lowest BCUT2D eigenvalue weighted by molar-refractivity contribution is -0.172. The van der Waals surface area contributed by atoms with E-state index in [9.17, 15) is 19.2 Å². The van der Waals surface area contributed by atoms with Crippen molar-refractivity contribution in [1.82, 2.24) is 39.8 Å². The monoisotopic (exact) mass is 781 g/mol. The van der Waals surface area contributed by atoms with E-state index in [1.54, 1.807) is 31.6 Å². The number of nitrogens with zero attached hydrogens (tertiary/aromatic N) is 9. The van der Waals surface area contributed by atoms with Crippen molar-refractivity contribution in [3.8, 4) is 0 Å². The third-order valence-corrected chi connectivity index (χ3v) is 10.9. The second kappa shape index (κ2) is 16.5. The quantitative estimate of drug-likeness (QED) is 0.149. The van der Waals surface area contributed by atoms with Crippen molar-refractivity contribution < 1.29 is 33.5 Å². The van der Waals surface area contributed by atoms with Crippen LogP contribution in [0.3, 0.4) is 0 Å². The highest BCUT2D eigenvalue weighted by molar-refractivity contribution is 6.23. The molecule has 8 rings (SSSR count). The molecule has 57 heavy (non-hydrogen) atoms. The molecule has 4 aliphatic rings. The van der Waals surface area contributed by atoms with E-state index in [-0.39, 0.29) is 36.1 Å². The highest BCUT2D eigenvalue weighted by Gasteiger charge is 2.44. The Kier molecular flexibility index (Phi) is 11.1. The van der Waals surface area contributed by atoms with Gasteiger partial charge in [0.25, 0.3) is 11.8 Å². The Morgan fingerprint density at radius 3 is 2.40 bits per heavy atom. The summed E-state index contributed by atoms with van der Waals surface area (Å²) in [5.74, 6) is 0.748. The zero-order valence-corrected chi connectivity index (χ0v) is 32.3. The van der Waals surface area contributed by atoms with Crippen LogP contribution in [0.25, 0.3) is 11.0 Å². The van der Waals surface area contributed by atoms with Crippen molar-refractivity contribution in [2.75, 3.05) is 74.7 Å². The minimum absolute atomic E-state index is 0.0788. The van der Waals surface area contributed by atoms with Crippen LogP contribution in [0.5, 0.6) is 0 Å². The number of hydrogen-bond donors (Lipinski definition) is 2. The van der Waals surface area contributed by atoms with Crippen molar-refractivity contribution in [1.29, 1.82) is 0 Å². The number of carbonyl (C=O) groups is 4. The number of amides is 4. The number of rotatable bonds is 13. The average molecular weight is 782 g/mol. The number of anilines is 4. The van der Waals surface area contributed by atoms with E-state index in [0.29, 0.717) is 63.6 Å². The topological polar surface area (TPSA) is 189 Å². The SMILES string of the molecule is COC1CCN(c2nccc(Nc3cc4c(cn3)nc(COCCON3CCN(c5ccc6c(c5)C(=O)N(C5CCC(=O)NC5=O)C6=O)CC3)n4C(C)C)n2)CC1. The maximum atomic E-state index is 13.3. The zero-order chi connectivity index (χ0) is 39.6. The number of carbonyl (C=O) groups excluding carboxylic acids is 4.